The van der Waals surface area contributed by atoms with Crippen LogP contribution < -0.4 is 5.32 Å². The summed E-state index contributed by atoms with van der Waals surface area (Å²) < 4.78 is 0. The fourth-order valence-corrected chi connectivity index (χ4v) is 1.89. The smallest absolute Gasteiger partial charge is 0.211 e. The van der Waals surface area contributed by atoms with Crippen molar-refractivity contribution >= 4 is 18.4 Å². The molecule has 0 atom stereocenters. The molecule has 1 N–H and O–H groups in total. The fourth-order valence-electron chi connectivity index (χ4n) is 1.89. The molecule has 0 aliphatic heterocycles. The zero-order valence-corrected chi connectivity index (χ0v) is 10.0. The third-order valence-electron chi connectivity index (χ3n) is 2.83. The number of rotatable bonds is 4. The second-order valence-corrected chi connectivity index (χ2v) is 4.00. The van der Waals surface area contributed by atoms with Gasteiger partial charge in [-0.05, 0) is 30.2 Å². The average Bonchev–Trinajstić information content (AvgIpc) is 2.41. The first kappa shape index (κ1) is 12.0. The lowest BCUT2D eigenvalue weighted by atomic mass is 9.98. The van der Waals surface area contributed by atoms with Gasteiger partial charge in [0.25, 0.3) is 0 Å². The maximum atomic E-state index is 10.9. The van der Waals surface area contributed by atoms with E-state index in [1.807, 2.05) is 43.3 Å². The molecule has 0 heterocycles. The van der Waals surface area contributed by atoms with Crippen molar-refractivity contribution in [3.05, 3.63) is 53.6 Å². The Hall–Kier alpha value is -2.42. The van der Waals surface area contributed by atoms with Crippen molar-refractivity contribution in [2.75, 3.05) is 5.32 Å². The van der Waals surface area contributed by atoms with Crippen molar-refractivity contribution in [2.45, 2.75) is 6.92 Å². The number of aldehydes is 1. The van der Waals surface area contributed by atoms with Crippen molar-refractivity contribution in [3.8, 4) is 11.1 Å². The lowest BCUT2D eigenvalue weighted by molar-refractivity contribution is -0.105. The van der Waals surface area contributed by atoms with E-state index in [1.54, 1.807) is 6.07 Å². The molecule has 0 aromatic heterocycles. The average molecular weight is 239 g/mol. The van der Waals surface area contributed by atoms with E-state index in [0.717, 1.165) is 23.0 Å². The van der Waals surface area contributed by atoms with Gasteiger partial charge in [-0.15, -0.1) is 0 Å². The molecule has 0 saturated heterocycles. The minimum atomic E-state index is 0.582. The van der Waals surface area contributed by atoms with Crippen molar-refractivity contribution in [2.24, 2.45) is 0 Å². The molecule has 1 amide bonds. The van der Waals surface area contributed by atoms with E-state index in [2.05, 4.69) is 5.32 Å². The minimum absolute atomic E-state index is 0.582. The van der Waals surface area contributed by atoms with Crippen molar-refractivity contribution in [3.63, 3.8) is 0 Å². The number of hydrogen-bond donors (Lipinski definition) is 1. The molecule has 0 saturated carbocycles. The molecule has 2 aromatic rings. The molecule has 0 spiro atoms. The summed E-state index contributed by atoms with van der Waals surface area (Å²) in [6, 6.07) is 13.3. The molecule has 0 aliphatic rings. The summed E-state index contributed by atoms with van der Waals surface area (Å²) >= 11 is 0. The van der Waals surface area contributed by atoms with E-state index in [0.29, 0.717) is 17.7 Å². The molecule has 0 aliphatic carbocycles. The molecule has 2 aromatic carbocycles. The van der Waals surface area contributed by atoms with Gasteiger partial charge in [0.05, 0.1) is 0 Å². The standard InChI is InChI=1S/C15H13NO2/c1-11-7-14(12-5-3-2-4-6-12)15(16-10-18)8-13(11)9-17/h2-10H,1H3,(H,16,18). The third kappa shape index (κ3) is 2.30. The first-order valence-corrected chi connectivity index (χ1v) is 5.61. The third-order valence-corrected chi connectivity index (χ3v) is 2.83. The monoisotopic (exact) mass is 239 g/mol. The molecule has 3 heteroatoms. The summed E-state index contributed by atoms with van der Waals surface area (Å²) in [5.41, 5.74) is 4.02. The van der Waals surface area contributed by atoms with E-state index < -0.39 is 0 Å². The van der Waals surface area contributed by atoms with Crippen LogP contribution in [0.3, 0.4) is 0 Å². The van der Waals surface area contributed by atoms with E-state index >= 15 is 0 Å². The van der Waals surface area contributed by atoms with Crippen molar-refractivity contribution < 1.29 is 9.59 Å². The Kier molecular flexibility index (Phi) is 3.53. The Bertz CT molecular complexity index is 577. The number of carbonyl (C=O) groups excluding carboxylic acids is 2. The van der Waals surface area contributed by atoms with E-state index in [9.17, 15) is 9.59 Å². The molecule has 0 fully saturated rings. The van der Waals surface area contributed by atoms with Gasteiger partial charge in [-0.2, -0.15) is 0 Å². The number of nitrogens with one attached hydrogen (secondary N) is 1. The molecule has 90 valence electrons. The first-order valence-electron chi connectivity index (χ1n) is 5.61. The van der Waals surface area contributed by atoms with Crippen LogP contribution in [-0.2, 0) is 4.79 Å². The van der Waals surface area contributed by atoms with Crippen LogP contribution in [0.2, 0.25) is 0 Å². The van der Waals surface area contributed by atoms with Crippen LogP contribution in [0, 0.1) is 6.92 Å². The maximum absolute atomic E-state index is 10.9. The van der Waals surface area contributed by atoms with Crippen molar-refractivity contribution in [1.29, 1.82) is 0 Å². The molecule has 0 unspecified atom stereocenters. The normalized spacial score (nSPS) is 9.83. The fraction of sp³-hybridized carbons (Fsp3) is 0.0667. The Morgan fingerprint density at radius 3 is 2.39 bits per heavy atom. The quantitative estimate of drug-likeness (QED) is 0.833. The van der Waals surface area contributed by atoms with Crippen LogP contribution in [0.15, 0.2) is 42.5 Å². The highest BCUT2D eigenvalue weighted by molar-refractivity contribution is 5.90. The summed E-state index contributed by atoms with van der Waals surface area (Å²) in [6.45, 7) is 1.88. The van der Waals surface area contributed by atoms with Gasteiger partial charge in [0.1, 0.15) is 6.29 Å². The predicted molar refractivity (Wildman–Crippen MR) is 71.7 cm³/mol. The molecule has 18 heavy (non-hydrogen) atoms. The highest BCUT2D eigenvalue weighted by Gasteiger charge is 2.08. The van der Waals surface area contributed by atoms with E-state index in [1.165, 1.54) is 0 Å². The van der Waals surface area contributed by atoms with Crippen LogP contribution in [0.1, 0.15) is 15.9 Å². The van der Waals surface area contributed by atoms with Crippen LogP contribution >= 0.6 is 0 Å². The molecule has 0 radical (unpaired) electrons. The highest BCUT2D eigenvalue weighted by Crippen LogP contribution is 2.30. The predicted octanol–water partition coefficient (Wildman–Crippen LogP) is 3.04. The second-order valence-electron chi connectivity index (χ2n) is 4.00. The van der Waals surface area contributed by atoms with E-state index in [-0.39, 0.29) is 0 Å². The lowest BCUT2D eigenvalue weighted by Crippen LogP contribution is -1.99. The highest BCUT2D eigenvalue weighted by atomic mass is 16.1. The van der Waals surface area contributed by atoms with Gasteiger partial charge >= 0.3 is 0 Å². The molecular weight excluding hydrogens is 226 g/mol. The van der Waals surface area contributed by atoms with Gasteiger partial charge in [-0.3, -0.25) is 9.59 Å². The van der Waals surface area contributed by atoms with Gasteiger partial charge < -0.3 is 5.32 Å². The van der Waals surface area contributed by atoms with Gasteiger partial charge in [0.15, 0.2) is 0 Å². The molecule has 2 rings (SSSR count). The molecule has 3 nitrogen and oxygen atoms in total. The summed E-state index contributed by atoms with van der Waals surface area (Å²) in [4.78, 5) is 21.6. The maximum Gasteiger partial charge on any atom is 0.211 e. The number of carbonyl (C=O) groups is 2. The number of amides is 1. The van der Waals surface area contributed by atoms with Gasteiger partial charge in [-0.25, -0.2) is 0 Å². The van der Waals surface area contributed by atoms with Crippen LogP contribution in [0.5, 0.6) is 0 Å². The Balaban J connectivity index is 2.61. The summed E-state index contributed by atoms with van der Waals surface area (Å²) in [6.07, 6.45) is 1.41. The Labute approximate surface area is 105 Å². The van der Waals surface area contributed by atoms with Crippen molar-refractivity contribution in [1.82, 2.24) is 0 Å². The van der Waals surface area contributed by atoms with E-state index in [4.69, 9.17) is 0 Å². The number of hydrogen-bond acceptors (Lipinski definition) is 2. The zero-order chi connectivity index (χ0) is 13.0. The number of anilines is 1. The Morgan fingerprint density at radius 1 is 1.06 bits per heavy atom. The van der Waals surface area contributed by atoms with Crippen LogP contribution in [-0.4, -0.2) is 12.7 Å². The van der Waals surface area contributed by atoms with Gasteiger partial charge in [0.2, 0.25) is 6.41 Å². The van der Waals surface area contributed by atoms with Gasteiger partial charge in [0, 0.05) is 16.8 Å². The summed E-state index contributed by atoms with van der Waals surface area (Å²) in [5.74, 6) is 0. The summed E-state index contributed by atoms with van der Waals surface area (Å²) in [7, 11) is 0. The topological polar surface area (TPSA) is 46.2 Å². The Morgan fingerprint density at radius 2 is 1.78 bits per heavy atom. The molecular formula is C15H13NO2. The lowest BCUT2D eigenvalue weighted by Gasteiger charge is -2.11. The number of aryl methyl sites for hydroxylation is 1. The SMILES string of the molecule is Cc1cc(-c2ccccc2)c(NC=O)cc1C=O. The second kappa shape index (κ2) is 5.27. The minimum Gasteiger partial charge on any atom is -0.328 e. The van der Waals surface area contributed by atoms with Gasteiger partial charge in [-0.1, -0.05) is 30.3 Å². The number of benzene rings is 2. The largest absolute Gasteiger partial charge is 0.328 e. The van der Waals surface area contributed by atoms with Crippen LogP contribution in [0.4, 0.5) is 5.69 Å². The van der Waals surface area contributed by atoms with Crippen LogP contribution in [0.25, 0.3) is 11.1 Å². The molecule has 0 bridgehead atoms. The first-order chi connectivity index (χ1) is 8.76. The summed E-state index contributed by atoms with van der Waals surface area (Å²) in [5, 5.41) is 2.64. The zero-order valence-electron chi connectivity index (χ0n) is 10.0.